The van der Waals surface area contributed by atoms with Crippen molar-refractivity contribution in [3.8, 4) is 11.3 Å². The molecule has 0 atom stereocenters. The largest absolute Gasteiger partial charge is 0.467 e. The van der Waals surface area contributed by atoms with Crippen LogP contribution in [0.4, 0.5) is 0 Å². The number of nitrogens with zero attached hydrogens (tertiary/aromatic N) is 1. The van der Waals surface area contributed by atoms with Crippen molar-refractivity contribution in [2.75, 3.05) is 6.54 Å². The number of thioether (sulfide) groups is 1. The molecule has 0 aliphatic carbocycles. The molecule has 0 amide bonds. The van der Waals surface area contributed by atoms with E-state index in [1.807, 2.05) is 48.5 Å². The summed E-state index contributed by atoms with van der Waals surface area (Å²) >= 11 is 10.5. The SMILES string of the molecule is S=C1S/C(=C\c2ccc(-c3ccc(Br)cc3)o2)CN1Cc1ccco1. The Kier molecular flexibility index (Phi) is 4.83. The molecule has 6 heteroatoms. The molecular weight excluding hydrogens is 418 g/mol. The summed E-state index contributed by atoms with van der Waals surface area (Å²) < 4.78 is 13.3. The molecule has 1 saturated heterocycles. The van der Waals surface area contributed by atoms with Gasteiger partial charge in [-0.1, -0.05) is 52.0 Å². The van der Waals surface area contributed by atoms with Crippen molar-refractivity contribution in [3.05, 3.63) is 75.7 Å². The summed E-state index contributed by atoms with van der Waals surface area (Å²) in [6.45, 7) is 1.47. The Morgan fingerprint density at radius 1 is 1.16 bits per heavy atom. The van der Waals surface area contributed by atoms with Gasteiger partial charge in [-0.25, -0.2) is 0 Å². The van der Waals surface area contributed by atoms with Gasteiger partial charge < -0.3 is 13.7 Å². The Balaban J connectivity index is 1.48. The fourth-order valence-electron chi connectivity index (χ4n) is 2.61. The average molecular weight is 432 g/mol. The first-order chi connectivity index (χ1) is 12.2. The fraction of sp³-hybridized carbons (Fsp3) is 0.105. The van der Waals surface area contributed by atoms with Crippen LogP contribution in [0.3, 0.4) is 0 Å². The van der Waals surface area contributed by atoms with Crippen LogP contribution in [0, 0.1) is 0 Å². The molecule has 0 bridgehead atoms. The monoisotopic (exact) mass is 431 g/mol. The average Bonchev–Trinajstić information content (AvgIpc) is 3.32. The Bertz CT molecular complexity index is 913. The maximum atomic E-state index is 5.96. The molecule has 3 aromatic rings. The number of hydrogen-bond donors (Lipinski definition) is 0. The predicted molar refractivity (Wildman–Crippen MR) is 109 cm³/mol. The van der Waals surface area contributed by atoms with Gasteiger partial charge in [-0.3, -0.25) is 0 Å². The van der Waals surface area contributed by atoms with E-state index in [0.29, 0.717) is 6.54 Å². The lowest BCUT2D eigenvalue weighted by molar-refractivity contribution is 0.399. The predicted octanol–water partition coefficient (Wildman–Crippen LogP) is 6.18. The minimum Gasteiger partial charge on any atom is -0.467 e. The lowest BCUT2D eigenvalue weighted by Gasteiger charge is -2.13. The minimum absolute atomic E-state index is 0.693. The first-order valence-electron chi connectivity index (χ1n) is 7.73. The number of hydrogen-bond acceptors (Lipinski definition) is 4. The van der Waals surface area contributed by atoms with Crippen LogP contribution in [0.2, 0.25) is 0 Å². The van der Waals surface area contributed by atoms with E-state index in [-0.39, 0.29) is 0 Å². The van der Waals surface area contributed by atoms with Gasteiger partial charge in [0, 0.05) is 14.9 Å². The summed E-state index contributed by atoms with van der Waals surface area (Å²) in [5.74, 6) is 2.61. The molecule has 126 valence electrons. The lowest BCUT2D eigenvalue weighted by atomic mass is 10.2. The van der Waals surface area contributed by atoms with Gasteiger partial charge in [0.1, 0.15) is 21.6 Å². The third-order valence-corrected chi connectivity index (χ3v) is 5.79. The van der Waals surface area contributed by atoms with Crippen molar-refractivity contribution in [1.82, 2.24) is 4.90 Å². The molecule has 0 saturated carbocycles. The quantitative estimate of drug-likeness (QED) is 0.460. The van der Waals surface area contributed by atoms with Crippen LogP contribution in [-0.2, 0) is 6.54 Å². The number of furan rings is 2. The van der Waals surface area contributed by atoms with Crippen LogP contribution < -0.4 is 0 Å². The van der Waals surface area contributed by atoms with Crippen molar-refractivity contribution < 1.29 is 8.83 Å². The number of thiocarbonyl (C=S) groups is 1. The molecule has 4 rings (SSSR count). The third-order valence-electron chi connectivity index (χ3n) is 3.81. The number of benzene rings is 1. The molecule has 1 aliphatic heterocycles. The van der Waals surface area contributed by atoms with E-state index in [2.05, 4.69) is 26.9 Å². The number of halogens is 1. The van der Waals surface area contributed by atoms with E-state index in [0.717, 1.165) is 38.2 Å². The molecular formula is C19H14BrNO2S2. The van der Waals surface area contributed by atoms with E-state index >= 15 is 0 Å². The molecule has 3 nitrogen and oxygen atoms in total. The zero-order chi connectivity index (χ0) is 17.2. The highest BCUT2D eigenvalue weighted by molar-refractivity contribution is 9.10. The molecule has 0 radical (unpaired) electrons. The van der Waals surface area contributed by atoms with E-state index in [9.17, 15) is 0 Å². The Morgan fingerprint density at radius 2 is 2.00 bits per heavy atom. The molecule has 1 aromatic carbocycles. The van der Waals surface area contributed by atoms with Gasteiger partial charge in [-0.05, 0) is 42.5 Å². The first-order valence-corrected chi connectivity index (χ1v) is 9.75. The lowest BCUT2D eigenvalue weighted by Crippen LogP contribution is -2.21. The highest BCUT2D eigenvalue weighted by Crippen LogP contribution is 2.33. The summed E-state index contributed by atoms with van der Waals surface area (Å²) in [6, 6.07) is 15.9. The molecule has 2 aromatic heterocycles. The van der Waals surface area contributed by atoms with E-state index in [1.165, 1.54) is 4.91 Å². The van der Waals surface area contributed by atoms with Gasteiger partial charge >= 0.3 is 0 Å². The maximum Gasteiger partial charge on any atom is 0.141 e. The van der Waals surface area contributed by atoms with E-state index in [1.54, 1.807) is 18.0 Å². The molecule has 3 heterocycles. The van der Waals surface area contributed by atoms with E-state index in [4.69, 9.17) is 21.1 Å². The maximum absolute atomic E-state index is 5.96. The van der Waals surface area contributed by atoms with Crippen molar-refractivity contribution in [2.45, 2.75) is 6.54 Å². The summed E-state index contributed by atoms with van der Waals surface area (Å²) in [5.41, 5.74) is 1.06. The summed E-state index contributed by atoms with van der Waals surface area (Å²) in [7, 11) is 0. The van der Waals surface area contributed by atoms with Crippen molar-refractivity contribution in [1.29, 1.82) is 0 Å². The van der Waals surface area contributed by atoms with Crippen LogP contribution in [-0.4, -0.2) is 15.8 Å². The first kappa shape index (κ1) is 16.7. The minimum atomic E-state index is 0.693. The fourth-order valence-corrected chi connectivity index (χ4v) is 4.20. The summed E-state index contributed by atoms with van der Waals surface area (Å²) in [4.78, 5) is 3.30. The highest BCUT2D eigenvalue weighted by Gasteiger charge is 2.23. The Hall–Kier alpha value is -1.76. The van der Waals surface area contributed by atoms with Crippen molar-refractivity contribution >= 4 is 50.3 Å². The van der Waals surface area contributed by atoms with Crippen molar-refractivity contribution in [3.63, 3.8) is 0 Å². The van der Waals surface area contributed by atoms with Crippen molar-refractivity contribution in [2.24, 2.45) is 0 Å². The van der Waals surface area contributed by atoms with E-state index < -0.39 is 0 Å². The standard InChI is InChI=1S/C19H14BrNO2S2/c20-14-5-3-13(4-6-14)18-8-7-15(23-18)10-17-12-21(19(24)25-17)11-16-2-1-9-22-16/h1-10H,11-12H2/b17-10-. The zero-order valence-electron chi connectivity index (χ0n) is 13.1. The van der Waals surface area contributed by atoms with Gasteiger partial charge in [0.15, 0.2) is 0 Å². The highest BCUT2D eigenvalue weighted by atomic mass is 79.9. The molecule has 0 spiro atoms. The second kappa shape index (κ2) is 7.23. The van der Waals surface area contributed by atoms with Gasteiger partial charge in [-0.2, -0.15) is 0 Å². The second-order valence-electron chi connectivity index (χ2n) is 5.62. The zero-order valence-corrected chi connectivity index (χ0v) is 16.4. The molecule has 1 aliphatic rings. The second-order valence-corrected chi connectivity index (χ2v) is 8.30. The Labute approximate surface area is 163 Å². The van der Waals surface area contributed by atoms with Gasteiger partial charge in [0.2, 0.25) is 0 Å². The van der Waals surface area contributed by atoms with Crippen LogP contribution >= 0.6 is 39.9 Å². The summed E-state index contributed by atoms with van der Waals surface area (Å²) in [6.07, 6.45) is 3.74. The Morgan fingerprint density at radius 3 is 2.76 bits per heavy atom. The third kappa shape index (κ3) is 3.92. The smallest absolute Gasteiger partial charge is 0.141 e. The van der Waals surface area contributed by atoms with Crippen LogP contribution in [0.15, 0.2) is 73.0 Å². The molecule has 0 N–H and O–H groups in total. The molecule has 25 heavy (non-hydrogen) atoms. The van der Waals surface area contributed by atoms with Gasteiger partial charge in [-0.15, -0.1) is 0 Å². The van der Waals surface area contributed by atoms with Crippen LogP contribution in [0.25, 0.3) is 17.4 Å². The normalized spacial score (nSPS) is 16.1. The summed E-state index contributed by atoms with van der Waals surface area (Å²) in [5, 5.41) is 0. The number of rotatable bonds is 4. The molecule has 0 unspecified atom stereocenters. The van der Waals surface area contributed by atoms with Gasteiger partial charge in [0.25, 0.3) is 0 Å². The molecule has 1 fully saturated rings. The van der Waals surface area contributed by atoms with Crippen LogP contribution in [0.5, 0.6) is 0 Å². The topological polar surface area (TPSA) is 29.5 Å². The van der Waals surface area contributed by atoms with Crippen LogP contribution in [0.1, 0.15) is 11.5 Å². The van der Waals surface area contributed by atoms with Gasteiger partial charge in [0.05, 0.1) is 19.4 Å².